The first-order valence-corrected chi connectivity index (χ1v) is 10.6. The highest BCUT2D eigenvalue weighted by Crippen LogP contribution is 2.23. The number of nitrogens with one attached hydrogen (secondary N) is 3. The van der Waals surface area contributed by atoms with Gasteiger partial charge in [-0.2, -0.15) is 0 Å². The fraction of sp³-hybridized carbons (Fsp3) is 0.217. The Bertz CT molecular complexity index is 1140. The van der Waals surface area contributed by atoms with E-state index in [1.807, 2.05) is 24.3 Å². The van der Waals surface area contributed by atoms with Gasteiger partial charge in [-0.1, -0.05) is 53.2 Å². The van der Waals surface area contributed by atoms with Crippen LogP contribution in [0.3, 0.4) is 0 Å². The van der Waals surface area contributed by atoms with Crippen molar-refractivity contribution in [1.29, 1.82) is 5.41 Å². The minimum atomic E-state index is -1.20. The summed E-state index contributed by atoms with van der Waals surface area (Å²) in [6.07, 6.45) is -0.0585. The van der Waals surface area contributed by atoms with E-state index in [1.54, 1.807) is 37.3 Å². The lowest BCUT2D eigenvalue weighted by atomic mass is 9.92. The third-order valence-electron chi connectivity index (χ3n) is 5.08. The van der Waals surface area contributed by atoms with Crippen molar-refractivity contribution in [3.63, 3.8) is 0 Å². The largest absolute Gasteiger partial charge is 0.481 e. The Morgan fingerprint density at radius 2 is 1.84 bits per heavy atom. The van der Waals surface area contributed by atoms with Crippen molar-refractivity contribution >= 4 is 50.2 Å². The number of carbonyl (C=O) groups is 3. The van der Waals surface area contributed by atoms with Crippen molar-refractivity contribution < 1.29 is 19.5 Å². The fourth-order valence-electron chi connectivity index (χ4n) is 3.39. The molecule has 0 aliphatic carbocycles. The summed E-state index contributed by atoms with van der Waals surface area (Å²) in [5, 5.41) is 21.0. The highest BCUT2D eigenvalue weighted by Gasteiger charge is 2.29. The molecule has 0 bridgehead atoms. The lowest BCUT2D eigenvalue weighted by Gasteiger charge is -2.19. The summed E-state index contributed by atoms with van der Waals surface area (Å²) in [6.45, 7) is 1.62. The first-order valence-electron chi connectivity index (χ1n) is 9.78. The highest BCUT2D eigenvalue weighted by molar-refractivity contribution is 9.10. The molecule has 2 aromatic carbocycles. The number of aliphatic carboxylic acids is 1. The number of carbonyl (C=O) groups excluding carboxylic acids is 2. The first-order chi connectivity index (χ1) is 14.8. The van der Waals surface area contributed by atoms with E-state index >= 15 is 0 Å². The molecule has 1 heterocycles. The normalized spacial score (nSPS) is 12.8. The Balaban J connectivity index is 1.83. The number of benzene rings is 2. The van der Waals surface area contributed by atoms with Crippen LogP contribution in [0.5, 0.6) is 0 Å². The number of fused-ring (bicyclic) bond motifs is 1. The van der Waals surface area contributed by atoms with Crippen LogP contribution in [0.25, 0.3) is 10.9 Å². The molecule has 0 radical (unpaired) electrons. The quantitative estimate of drug-likeness (QED) is 0.334. The van der Waals surface area contributed by atoms with Crippen molar-refractivity contribution in [1.82, 2.24) is 10.3 Å². The number of H-pyrrole nitrogens is 1. The van der Waals surface area contributed by atoms with Crippen LogP contribution >= 0.6 is 15.9 Å². The van der Waals surface area contributed by atoms with Crippen molar-refractivity contribution in [2.24, 2.45) is 5.92 Å². The van der Waals surface area contributed by atoms with Crippen molar-refractivity contribution in [3.8, 4) is 0 Å². The van der Waals surface area contributed by atoms with Crippen LogP contribution in [0, 0.1) is 11.3 Å². The average Bonchev–Trinajstić information content (AvgIpc) is 3.17. The number of hydrogen-bond donors (Lipinski definition) is 4. The molecule has 1 aromatic heterocycles. The molecule has 0 aliphatic rings. The standard InChI is InChI=1S/C23H22BrN3O4/c1-2-16(23(30)31)21(25)20(28)12-18(13-6-4-3-5-7-13)27-22(29)19-11-14-10-15(24)8-9-17(14)26-19/h3-11,16,18,25-26H,2,12H2,1H3,(H,27,29)(H,30,31)/t16-,18?/m0/s1. The van der Waals surface area contributed by atoms with E-state index in [4.69, 9.17) is 5.41 Å². The topological polar surface area (TPSA) is 123 Å². The average molecular weight is 484 g/mol. The Labute approximate surface area is 187 Å². The maximum atomic E-state index is 12.9. The maximum Gasteiger partial charge on any atom is 0.312 e. The molecule has 7 nitrogen and oxygen atoms in total. The first kappa shape index (κ1) is 22.4. The molecule has 0 saturated heterocycles. The number of carboxylic acid groups (broad SMARTS) is 1. The van der Waals surface area contributed by atoms with E-state index in [0.717, 1.165) is 15.4 Å². The van der Waals surface area contributed by atoms with Crippen molar-refractivity contribution in [2.45, 2.75) is 25.8 Å². The van der Waals surface area contributed by atoms with Crippen LogP contribution in [0.2, 0.25) is 0 Å². The van der Waals surface area contributed by atoms with Gasteiger partial charge in [-0.3, -0.25) is 14.4 Å². The molecule has 2 atom stereocenters. The van der Waals surface area contributed by atoms with Crippen molar-refractivity contribution in [3.05, 3.63) is 70.3 Å². The van der Waals surface area contributed by atoms with Crippen LogP contribution in [-0.4, -0.2) is 33.5 Å². The lowest BCUT2D eigenvalue weighted by molar-refractivity contribution is -0.140. The predicted octanol–water partition coefficient (Wildman–Crippen LogP) is 4.49. The Hall–Kier alpha value is -3.26. The van der Waals surface area contributed by atoms with E-state index in [9.17, 15) is 19.5 Å². The molecule has 3 rings (SSSR count). The molecule has 0 saturated carbocycles. The minimum Gasteiger partial charge on any atom is -0.481 e. The molecular formula is C23H22BrN3O4. The molecule has 31 heavy (non-hydrogen) atoms. The number of halogens is 1. The minimum absolute atomic E-state index is 0.146. The molecule has 160 valence electrons. The zero-order chi connectivity index (χ0) is 22.5. The van der Waals surface area contributed by atoms with Gasteiger partial charge in [0.15, 0.2) is 5.78 Å². The van der Waals surface area contributed by atoms with Gasteiger partial charge in [0.1, 0.15) is 11.6 Å². The number of aromatic nitrogens is 1. The van der Waals surface area contributed by atoms with Crippen LogP contribution in [0.1, 0.15) is 41.9 Å². The third-order valence-corrected chi connectivity index (χ3v) is 5.57. The lowest BCUT2D eigenvalue weighted by Crippen LogP contribution is -2.35. The second-order valence-electron chi connectivity index (χ2n) is 7.19. The summed E-state index contributed by atoms with van der Waals surface area (Å²) in [6, 6.07) is 15.6. The summed E-state index contributed by atoms with van der Waals surface area (Å²) in [5.41, 5.74) is 1.38. The van der Waals surface area contributed by atoms with E-state index in [-0.39, 0.29) is 12.8 Å². The molecule has 8 heteroatoms. The summed E-state index contributed by atoms with van der Waals surface area (Å²) >= 11 is 3.40. The van der Waals surface area contributed by atoms with Gasteiger partial charge in [0.25, 0.3) is 5.91 Å². The summed E-state index contributed by atoms with van der Waals surface area (Å²) in [7, 11) is 0. The van der Waals surface area contributed by atoms with E-state index < -0.39 is 35.3 Å². The van der Waals surface area contributed by atoms with Crippen LogP contribution in [-0.2, 0) is 9.59 Å². The Morgan fingerprint density at radius 1 is 1.13 bits per heavy atom. The third kappa shape index (κ3) is 5.27. The Kier molecular flexibility index (Phi) is 7.02. The van der Waals surface area contributed by atoms with Gasteiger partial charge in [-0.15, -0.1) is 0 Å². The number of hydrogen-bond acceptors (Lipinski definition) is 4. The molecule has 4 N–H and O–H groups in total. The molecule has 0 fully saturated rings. The number of amides is 1. The van der Waals surface area contributed by atoms with Crippen LogP contribution < -0.4 is 5.32 Å². The van der Waals surface area contributed by atoms with Gasteiger partial charge in [0, 0.05) is 21.8 Å². The van der Waals surface area contributed by atoms with Gasteiger partial charge in [0.2, 0.25) is 0 Å². The van der Waals surface area contributed by atoms with E-state index in [1.165, 1.54) is 0 Å². The second-order valence-corrected chi connectivity index (χ2v) is 8.11. The van der Waals surface area contributed by atoms with E-state index in [2.05, 4.69) is 26.2 Å². The Morgan fingerprint density at radius 3 is 2.48 bits per heavy atom. The monoisotopic (exact) mass is 483 g/mol. The molecule has 1 unspecified atom stereocenters. The molecular weight excluding hydrogens is 462 g/mol. The highest BCUT2D eigenvalue weighted by atomic mass is 79.9. The number of aromatic amines is 1. The maximum absolute atomic E-state index is 12.9. The molecule has 0 spiro atoms. The zero-order valence-electron chi connectivity index (χ0n) is 16.8. The smallest absolute Gasteiger partial charge is 0.312 e. The summed E-state index contributed by atoms with van der Waals surface area (Å²) < 4.78 is 0.890. The fourth-order valence-corrected chi connectivity index (χ4v) is 3.77. The van der Waals surface area contributed by atoms with Crippen LogP contribution in [0.4, 0.5) is 0 Å². The van der Waals surface area contributed by atoms with Gasteiger partial charge >= 0.3 is 5.97 Å². The molecule has 1 amide bonds. The second kappa shape index (κ2) is 9.70. The zero-order valence-corrected chi connectivity index (χ0v) is 18.4. The number of carboxylic acids is 1. The van der Waals surface area contributed by atoms with Gasteiger partial charge in [-0.25, -0.2) is 0 Å². The number of rotatable bonds is 9. The van der Waals surface area contributed by atoms with E-state index in [0.29, 0.717) is 11.3 Å². The number of Topliss-reactive ketones (excluding diaryl/α,β-unsaturated/α-hetero) is 1. The van der Waals surface area contributed by atoms with Crippen molar-refractivity contribution in [2.75, 3.05) is 0 Å². The molecule has 0 aliphatic heterocycles. The van der Waals surface area contributed by atoms with Gasteiger partial charge < -0.3 is 20.8 Å². The number of ketones is 1. The molecule has 3 aromatic rings. The van der Waals surface area contributed by atoms with Gasteiger partial charge in [0.05, 0.1) is 11.8 Å². The van der Waals surface area contributed by atoms with Gasteiger partial charge in [-0.05, 0) is 36.2 Å². The summed E-state index contributed by atoms with van der Waals surface area (Å²) in [5.74, 6) is -3.37. The SMILES string of the molecule is CC[C@@H](C(=N)C(=O)CC(NC(=O)c1cc2cc(Br)ccc2[nH]1)c1ccccc1)C(=O)O. The predicted molar refractivity (Wildman–Crippen MR) is 121 cm³/mol. The van der Waals surface area contributed by atoms with Crippen LogP contribution in [0.15, 0.2) is 59.1 Å². The summed E-state index contributed by atoms with van der Waals surface area (Å²) in [4.78, 5) is 40.0.